The molecule has 0 aromatic carbocycles. The minimum Gasteiger partial charge on any atom is -0.483 e. The van der Waals surface area contributed by atoms with Gasteiger partial charge in [-0.15, -0.1) is 6.58 Å². The summed E-state index contributed by atoms with van der Waals surface area (Å²) in [4.78, 5) is 28.0. The van der Waals surface area contributed by atoms with Gasteiger partial charge in [-0.3, -0.25) is 4.79 Å². The molecule has 1 saturated heterocycles. The number of methoxy groups -OCH3 is 1. The van der Waals surface area contributed by atoms with E-state index in [1.54, 1.807) is 18.2 Å². The number of esters is 1. The number of carbonyl (C=O) groups is 2. The fourth-order valence-electron chi connectivity index (χ4n) is 7.24. The Bertz CT molecular complexity index is 1350. The van der Waals surface area contributed by atoms with Crippen LogP contribution in [0.15, 0.2) is 30.4 Å². The van der Waals surface area contributed by atoms with E-state index in [1.165, 1.54) is 13.4 Å². The van der Waals surface area contributed by atoms with Gasteiger partial charge in [0.05, 0.1) is 31.6 Å². The maximum absolute atomic E-state index is 12.8. The zero-order valence-corrected chi connectivity index (χ0v) is 24.2. The Morgan fingerprint density at radius 1 is 1.24 bits per heavy atom. The van der Waals surface area contributed by atoms with E-state index in [1.807, 2.05) is 19.9 Å². The highest BCUT2D eigenvalue weighted by atomic mass is 16.7. The van der Waals surface area contributed by atoms with Crippen molar-refractivity contribution in [3.63, 3.8) is 0 Å². The number of hydrogen-bond donors (Lipinski definition) is 5. The lowest BCUT2D eigenvalue weighted by molar-refractivity contribution is -0.333. The largest absolute Gasteiger partial charge is 0.483 e. The van der Waals surface area contributed by atoms with Gasteiger partial charge in [0.15, 0.2) is 11.9 Å². The first-order chi connectivity index (χ1) is 20.0. The van der Waals surface area contributed by atoms with Crippen LogP contribution >= 0.6 is 0 Å². The molecule has 2 aliphatic carbocycles. The van der Waals surface area contributed by atoms with Crippen LogP contribution in [0.2, 0.25) is 0 Å². The molecule has 4 aliphatic rings. The maximum Gasteiger partial charge on any atom is 0.333 e. The first kappa shape index (κ1) is 30.5. The molecule has 11 nitrogen and oxygen atoms in total. The Kier molecular flexibility index (Phi) is 8.43. The molecule has 8 unspecified atom stereocenters. The molecule has 5 rings (SSSR count). The van der Waals surface area contributed by atoms with Crippen LogP contribution in [0, 0.1) is 17.3 Å². The molecule has 0 bridgehead atoms. The number of rotatable bonds is 8. The predicted octanol–water partition coefficient (Wildman–Crippen LogP) is 0.816. The summed E-state index contributed by atoms with van der Waals surface area (Å²) in [5.41, 5.74) is -1.03. The van der Waals surface area contributed by atoms with E-state index in [-0.39, 0.29) is 17.9 Å². The van der Waals surface area contributed by atoms with Crippen LogP contribution < -0.4 is 10.6 Å². The van der Waals surface area contributed by atoms with E-state index >= 15 is 0 Å². The summed E-state index contributed by atoms with van der Waals surface area (Å²) in [6, 6.07) is 1.94. The lowest BCUT2D eigenvalue weighted by Gasteiger charge is -2.52. The lowest BCUT2D eigenvalue weighted by atomic mass is 9.62. The van der Waals surface area contributed by atoms with E-state index < -0.39 is 72.1 Å². The monoisotopic (exact) mass is 587 g/mol. The number of aromatic nitrogens is 1. The van der Waals surface area contributed by atoms with Crippen molar-refractivity contribution < 1.29 is 49.0 Å². The van der Waals surface area contributed by atoms with Crippen LogP contribution in [0.4, 0.5) is 0 Å². The topological polar surface area (TPSA) is 168 Å². The number of aromatic amines is 1. The Morgan fingerprint density at radius 2 is 1.95 bits per heavy atom. The highest BCUT2D eigenvalue weighted by Gasteiger charge is 2.59. The molecular formula is C31H41NO10. The van der Waals surface area contributed by atoms with Gasteiger partial charge in [0, 0.05) is 33.7 Å². The standard InChI is InChI=1S/C31H41NO10/c1-5-18-19(11-24(34)35)20(28(38)39-4)13-30(8-6-7-9-30)27(18)42-29-25(36)26(37)31(23(14-33)41-29)12-17-10-21(16(2)3)32-22(17)15-40-31/h5,10,12-13,15-16,18-19,23,25-27,29,32-33,36-37H,1,6-9,11,14H2,2-4H3,(H,34,35). The molecule has 0 amide bonds. The molecule has 1 saturated carbocycles. The predicted molar refractivity (Wildman–Crippen MR) is 150 cm³/mol. The number of ether oxygens (including phenoxy) is 4. The van der Waals surface area contributed by atoms with E-state index in [2.05, 4.69) is 11.6 Å². The third-order valence-electron chi connectivity index (χ3n) is 9.44. The summed E-state index contributed by atoms with van der Waals surface area (Å²) in [5.74, 6) is -2.91. The second-order valence-electron chi connectivity index (χ2n) is 12.2. The number of aliphatic carboxylic acids is 1. The fourth-order valence-corrected chi connectivity index (χ4v) is 7.24. The summed E-state index contributed by atoms with van der Waals surface area (Å²) in [5, 5.41) is 44.5. The van der Waals surface area contributed by atoms with Crippen molar-refractivity contribution in [2.45, 2.75) is 88.2 Å². The minimum atomic E-state index is -1.59. The van der Waals surface area contributed by atoms with E-state index in [9.17, 15) is 30.0 Å². The van der Waals surface area contributed by atoms with Gasteiger partial charge in [-0.05, 0) is 30.9 Å². The van der Waals surface area contributed by atoms with Gasteiger partial charge in [-0.25, -0.2) is 4.79 Å². The zero-order chi connectivity index (χ0) is 30.4. The third kappa shape index (κ3) is 5.01. The molecule has 3 heterocycles. The second-order valence-corrected chi connectivity index (χ2v) is 12.2. The quantitative estimate of drug-likeness (QED) is 0.217. The molecule has 230 valence electrons. The molecule has 11 heteroatoms. The van der Waals surface area contributed by atoms with Gasteiger partial charge < -0.3 is 44.4 Å². The Labute approximate surface area is 244 Å². The summed E-state index contributed by atoms with van der Waals surface area (Å²) >= 11 is 0. The molecular weight excluding hydrogens is 546 g/mol. The maximum atomic E-state index is 12.8. The number of carboxylic acids is 1. The molecule has 2 spiro atoms. The third-order valence-corrected chi connectivity index (χ3v) is 9.44. The van der Waals surface area contributed by atoms with Crippen LogP contribution in [-0.2, 0) is 28.5 Å². The van der Waals surface area contributed by atoms with Crippen molar-refractivity contribution in [2.24, 2.45) is 17.3 Å². The molecule has 1 aromatic rings. The van der Waals surface area contributed by atoms with Gasteiger partial charge in [0.1, 0.15) is 24.6 Å². The van der Waals surface area contributed by atoms with Crippen molar-refractivity contribution in [2.75, 3.05) is 13.7 Å². The highest BCUT2D eigenvalue weighted by molar-refractivity contribution is 5.90. The first-order valence-corrected chi connectivity index (χ1v) is 14.5. The van der Waals surface area contributed by atoms with E-state index in [0.29, 0.717) is 18.2 Å². The van der Waals surface area contributed by atoms with Crippen molar-refractivity contribution in [1.82, 2.24) is 4.98 Å². The van der Waals surface area contributed by atoms with Gasteiger partial charge in [0.25, 0.3) is 0 Å². The second kappa shape index (κ2) is 11.6. The smallest absolute Gasteiger partial charge is 0.333 e. The highest BCUT2D eigenvalue weighted by Crippen LogP contribution is 2.54. The number of fused-ring (bicyclic) bond motifs is 1. The zero-order valence-electron chi connectivity index (χ0n) is 24.2. The van der Waals surface area contributed by atoms with Crippen molar-refractivity contribution in [1.29, 1.82) is 0 Å². The number of H-pyrrole nitrogens is 1. The fraction of sp³-hybridized carbons (Fsp3) is 0.613. The van der Waals surface area contributed by atoms with Gasteiger partial charge in [0.2, 0.25) is 0 Å². The molecule has 8 atom stereocenters. The molecule has 5 N–H and O–H groups in total. The lowest BCUT2D eigenvalue weighted by Crippen LogP contribution is -2.69. The molecule has 0 radical (unpaired) electrons. The average molecular weight is 588 g/mol. The van der Waals surface area contributed by atoms with Crippen LogP contribution in [-0.4, -0.2) is 87.4 Å². The van der Waals surface area contributed by atoms with Crippen molar-refractivity contribution in [3.8, 4) is 0 Å². The molecule has 2 aliphatic heterocycles. The number of hydrogen-bond acceptors (Lipinski definition) is 9. The number of carboxylic acid groups (broad SMARTS) is 1. The van der Waals surface area contributed by atoms with Crippen LogP contribution in [0.1, 0.15) is 57.6 Å². The summed E-state index contributed by atoms with van der Waals surface area (Å²) in [6.07, 6.45) is 2.79. The van der Waals surface area contributed by atoms with Crippen LogP contribution in [0.3, 0.4) is 0 Å². The minimum absolute atomic E-state index is 0.216. The van der Waals surface area contributed by atoms with E-state index in [4.69, 9.17) is 18.9 Å². The van der Waals surface area contributed by atoms with Gasteiger partial charge in [-0.2, -0.15) is 0 Å². The van der Waals surface area contributed by atoms with Gasteiger partial charge >= 0.3 is 11.9 Å². The number of aliphatic hydroxyl groups is 3. The van der Waals surface area contributed by atoms with Gasteiger partial charge in [-0.1, -0.05) is 38.8 Å². The van der Waals surface area contributed by atoms with Crippen molar-refractivity contribution in [3.05, 3.63) is 46.6 Å². The first-order valence-electron chi connectivity index (χ1n) is 14.5. The Balaban J connectivity index is 1.50. The SMILES string of the molecule is C=CC1C(CC(=O)O)C(C(=O)OC)=CC2(CCCC2)C1OC1OC(CO)C2(C=c3cc(C(C)C)[nH]c3=CO2)C(O)C1O. The normalized spacial score (nSPS) is 35.1. The van der Waals surface area contributed by atoms with Crippen LogP contribution in [0.5, 0.6) is 0 Å². The number of nitrogens with one attached hydrogen (secondary N) is 1. The van der Waals surface area contributed by atoms with E-state index in [0.717, 1.165) is 23.8 Å². The Hall–Kier alpha value is -2.96. The van der Waals surface area contributed by atoms with Crippen LogP contribution in [0.25, 0.3) is 12.3 Å². The molecule has 42 heavy (non-hydrogen) atoms. The van der Waals surface area contributed by atoms with Crippen molar-refractivity contribution >= 4 is 24.3 Å². The summed E-state index contributed by atoms with van der Waals surface area (Å²) < 4.78 is 23.7. The molecule has 2 fully saturated rings. The number of aliphatic hydroxyl groups excluding tert-OH is 3. The summed E-state index contributed by atoms with van der Waals surface area (Å²) in [7, 11) is 1.26. The Morgan fingerprint density at radius 3 is 2.55 bits per heavy atom. The number of carbonyl (C=O) groups excluding carboxylic acids is 1. The molecule has 1 aromatic heterocycles. The average Bonchev–Trinajstić information content (AvgIpc) is 3.61. The summed E-state index contributed by atoms with van der Waals surface area (Å²) in [6.45, 7) is 7.49.